The minimum atomic E-state index is -0.274. The normalized spacial score (nSPS) is 9.75. The summed E-state index contributed by atoms with van der Waals surface area (Å²) in [5.74, 6) is -0.274. The van der Waals surface area contributed by atoms with E-state index in [2.05, 4.69) is 10.3 Å². The highest BCUT2D eigenvalue weighted by molar-refractivity contribution is 5.91. The van der Waals surface area contributed by atoms with Gasteiger partial charge in [-0.25, -0.2) is 5.32 Å². The summed E-state index contributed by atoms with van der Waals surface area (Å²) < 4.78 is 0. The molecule has 1 amide bonds. The lowest BCUT2D eigenvalue weighted by Gasteiger charge is -2.01. The first-order chi connectivity index (χ1) is 7.86. The molecule has 0 unspecified atom stereocenters. The third kappa shape index (κ3) is 2.67. The zero-order valence-corrected chi connectivity index (χ0v) is 8.71. The quantitative estimate of drug-likeness (QED) is 0.779. The van der Waals surface area contributed by atoms with Crippen molar-refractivity contribution in [2.75, 3.05) is 0 Å². The van der Waals surface area contributed by atoms with Crippen molar-refractivity contribution in [3.63, 3.8) is 0 Å². The lowest BCUT2D eigenvalue weighted by molar-refractivity contribution is 0.0941. The second kappa shape index (κ2) is 5.07. The molecule has 0 fully saturated rings. The number of amides is 1. The van der Waals surface area contributed by atoms with Crippen LogP contribution in [0, 0.1) is 0 Å². The lowest BCUT2D eigenvalue weighted by Crippen LogP contribution is -2.16. The second-order valence-corrected chi connectivity index (χ2v) is 3.32. The van der Waals surface area contributed by atoms with Gasteiger partial charge in [0.1, 0.15) is 5.69 Å². The summed E-state index contributed by atoms with van der Waals surface area (Å²) in [6.07, 6.45) is 1.59. The number of pyridine rings is 1. The Morgan fingerprint density at radius 2 is 1.81 bits per heavy atom. The van der Waals surface area contributed by atoms with Gasteiger partial charge in [-0.3, -0.25) is 9.78 Å². The van der Waals surface area contributed by atoms with E-state index in [0.29, 0.717) is 12.2 Å². The Morgan fingerprint density at radius 3 is 2.50 bits per heavy atom. The van der Waals surface area contributed by atoms with Crippen molar-refractivity contribution < 1.29 is 4.79 Å². The van der Waals surface area contributed by atoms with Gasteiger partial charge >= 0.3 is 0 Å². The number of carbonyl (C=O) groups is 1. The fraction of sp³-hybridized carbons (Fsp3) is 0.0769. The molecular formula is C13H11N2O. The van der Waals surface area contributed by atoms with Crippen molar-refractivity contribution in [1.82, 2.24) is 10.3 Å². The maximum atomic E-state index is 11.6. The monoisotopic (exact) mass is 211 g/mol. The van der Waals surface area contributed by atoms with Gasteiger partial charge in [-0.05, 0) is 17.7 Å². The maximum absolute atomic E-state index is 11.6. The van der Waals surface area contributed by atoms with Crippen molar-refractivity contribution >= 4 is 5.91 Å². The first-order valence-electron chi connectivity index (χ1n) is 5.03. The summed E-state index contributed by atoms with van der Waals surface area (Å²) in [6, 6.07) is 14.9. The molecule has 3 heteroatoms. The van der Waals surface area contributed by atoms with Crippen LogP contribution in [-0.2, 0) is 6.54 Å². The summed E-state index contributed by atoms with van der Waals surface area (Å²) in [4.78, 5) is 15.5. The molecule has 1 radical (unpaired) electrons. The Balaban J connectivity index is 1.95. The van der Waals surface area contributed by atoms with E-state index in [9.17, 15) is 4.79 Å². The van der Waals surface area contributed by atoms with Crippen molar-refractivity contribution in [2.24, 2.45) is 0 Å². The molecule has 2 rings (SSSR count). The number of hydrogen-bond donors (Lipinski definition) is 0. The molecule has 1 aromatic carbocycles. The Hall–Kier alpha value is -2.16. The minimum Gasteiger partial charge on any atom is -0.265 e. The van der Waals surface area contributed by atoms with Gasteiger partial charge in [0.05, 0.1) is 6.54 Å². The van der Waals surface area contributed by atoms with Crippen molar-refractivity contribution in [3.8, 4) is 0 Å². The molecule has 0 bridgehead atoms. The highest BCUT2D eigenvalue weighted by Gasteiger charge is 2.06. The Labute approximate surface area is 94.1 Å². The van der Waals surface area contributed by atoms with Gasteiger partial charge in [0.15, 0.2) is 0 Å². The van der Waals surface area contributed by atoms with Crippen LogP contribution in [0.5, 0.6) is 0 Å². The summed E-state index contributed by atoms with van der Waals surface area (Å²) in [5.41, 5.74) is 1.41. The van der Waals surface area contributed by atoms with Crippen LogP contribution >= 0.6 is 0 Å². The molecule has 3 nitrogen and oxygen atoms in total. The van der Waals surface area contributed by atoms with Crippen LogP contribution in [0.1, 0.15) is 16.1 Å². The standard InChI is InChI=1S/C13H11N2O/c16-13(12-8-4-5-9-14-12)15-10-11-6-2-1-3-7-11/h1-9H,10H2. The topological polar surface area (TPSA) is 44.1 Å². The number of rotatable bonds is 3. The molecule has 0 N–H and O–H groups in total. The van der Waals surface area contributed by atoms with Crippen molar-refractivity contribution in [1.29, 1.82) is 0 Å². The molecule has 0 aliphatic heterocycles. The number of benzene rings is 1. The van der Waals surface area contributed by atoms with Gasteiger partial charge in [-0.15, -0.1) is 0 Å². The second-order valence-electron chi connectivity index (χ2n) is 3.32. The number of hydrogen-bond acceptors (Lipinski definition) is 2. The molecule has 0 spiro atoms. The van der Waals surface area contributed by atoms with Crippen molar-refractivity contribution in [2.45, 2.75) is 6.54 Å². The highest BCUT2D eigenvalue weighted by Crippen LogP contribution is 2.00. The summed E-state index contributed by atoms with van der Waals surface area (Å²) in [7, 11) is 0. The van der Waals surface area contributed by atoms with Crippen LogP contribution in [0.4, 0.5) is 0 Å². The molecular weight excluding hydrogens is 200 g/mol. The highest BCUT2D eigenvalue weighted by atomic mass is 16.1. The zero-order chi connectivity index (χ0) is 11.2. The maximum Gasteiger partial charge on any atom is 0.291 e. The van der Waals surface area contributed by atoms with Gasteiger partial charge in [0.2, 0.25) is 0 Å². The fourth-order valence-corrected chi connectivity index (χ4v) is 1.32. The van der Waals surface area contributed by atoms with Crippen LogP contribution in [0.25, 0.3) is 0 Å². The molecule has 0 saturated heterocycles. The van der Waals surface area contributed by atoms with E-state index in [0.717, 1.165) is 5.56 Å². The molecule has 79 valence electrons. The van der Waals surface area contributed by atoms with Crippen LogP contribution < -0.4 is 5.32 Å². The van der Waals surface area contributed by atoms with E-state index in [1.165, 1.54) is 0 Å². The predicted octanol–water partition coefficient (Wildman–Crippen LogP) is 2.03. The third-order valence-corrected chi connectivity index (χ3v) is 2.13. The molecule has 0 saturated carbocycles. The van der Waals surface area contributed by atoms with E-state index < -0.39 is 0 Å². The molecule has 2 aromatic rings. The van der Waals surface area contributed by atoms with Gasteiger partial charge in [0, 0.05) is 6.20 Å². The summed E-state index contributed by atoms with van der Waals surface area (Å²) >= 11 is 0. The fourth-order valence-electron chi connectivity index (χ4n) is 1.32. The Kier molecular flexibility index (Phi) is 3.28. The smallest absolute Gasteiger partial charge is 0.265 e. The zero-order valence-electron chi connectivity index (χ0n) is 8.71. The van der Waals surface area contributed by atoms with E-state index in [1.807, 2.05) is 30.3 Å². The predicted molar refractivity (Wildman–Crippen MR) is 60.8 cm³/mol. The average molecular weight is 211 g/mol. The van der Waals surface area contributed by atoms with Gasteiger partial charge in [-0.2, -0.15) is 0 Å². The van der Waals surface area contributed by atoms with E-state index in [4.69, 9.17) is 0 Å². The summed E-state index contributed by atoms with van der Waals surface area (Å²) in [5, 5.41) is 3.96. The van der Waals surface area contributed by atoms with Crippen LogP contribution in [0.3, 0.4) is 0 Å². The summed E-state index contributed by atoms with van der Waals surface area (Å²) in [6.45, 7) is 0.399. The molecule has 1 heterocycles. The molecule has 0 aliphatic rings. The third-order valence-electron chi connectivity index (χ3n) is 2.13. The van der Waals surface area contributed by atoms with Gasteiger partial charge < -0.3 is 0 Å². The van der Waals surface area contributed by atoms with Crippen LogP contribution in [0.2, 0.25) is 0 Å². The molecule has 0 aliphatic carbocycles. The Morgan fingerprint density at radius 1 is 1.06 bits per heavy atom. The van der Waals surface area contributed by atoms with Crippen LogP contribution in [-0.4, -0.2) is 10.9 Å². The number of nitrogens with zero attached hydrogens (tertiary/aromatic N) is 2. The largest absolute Gasteiger partial charge is 0.291 e. The van der Waals surface area contributed by atoms with E-state index in [-0.39, 0.29) is 5.91 Å². The van der Waals surface area contributed by atoms with Gasteiger partial charge in [-0.1, -0.05) is 36.4 Å². The van der Waals surface area contributed by atoms with Crippen LogP contribution in [0.15, 0.2) is 54.7 Å². The first kappa shape index (κ1) is 10.4. The SMILES string of the molecule is O=C([N]Cc1ccccc1)c1ccccn1. The Bertz CT molecular complexity index is 454. The molecule has 1 aromatic heterocycles. The minimum absolute atomic E-state index is 0.274. The van der Waals surface area contributed by atoms with Gasteiger partial charge in [0.25, 0.3) is 5.91 Å². The average Bonchev–Trinajstić information content (AvgIpc) is 2.38. The number of aromatic nitrogens is 1. The lowest BCUT2D eigenvalue weighted by atomic mass is 10.2. The van der Waals surface area contributed by atoms with Crippen molar-refractivity contribution in [3.05, 3.63) is 66.0 Å². The molecule has 0 atom stereocenters. The first-order valence-corrected chi connectivity index (χ1v) is 5.03. The number of carbonyl (C=O) groups excluding carboxylic acids is 1. The van der Waals surface area contributed by atoms with E-state index in [1.54, 1.807) is 24.4 Å². The molecule has 16 heavy (non-hydrogen) atoms. The van der Waals surface area contributed by atoms with E-state index >= 15 is 0 Å².